The van der Waals surface area contributed by atoms with Crippen molar-refractivity contribution >= 4 is 17.6 Å². The van der Waals surface area contributed by atoms with Crippen LogP contribution in [0, 0.1) is 0 Å². The van der Waals surface area contributed by atoms with Gasteiger partial charge in [-0.05, 0) is 37.5 Å². The van der Waals surface area contributed by atoms with Crippen LogP contribution in [0.5, 0.6) is 5.75 Å². The number of aromatic carboxylic acids is 1. The van der Waals surface area contributed by atoms with Gasteiger partial charge in [0.1, 0.15) is 5.75 Å². The van der Waals surface area contributed by atoms with Gasteiger partial charge in [0.15, 0.2) is 0 Å². The van der Waals surface area contributed by atoms with Crippen molar-refractivity contribution in [2.45, 2.75) is 31.2 Å². The number of benzene rings is 1. The first-order valence-electron chi connectivity index (χ1n) is 6.05. The second-order valence-electron chi connectivity index (χ2n) is 4.98. The lowest BCUT2D eigenvalue weighted by Crippen LogP contribution is -2.48. The molecule has 6 heteroatoms. The summed E-state index contributed by atoms with van der Waals surface area (Å²) >= 11 is 0. The number of nitrogens with one attached hydrogen (secondary N) is 1. The molecule has 1 aliphatic rings. The molecular weight excluding hydrogens is 248 g/mol. The largest absolute Gasteiger partial charge is 0.506 e. The van der Waals surface area contributed by atoms with Gasteiger partial charge in [0.05, 0.1) is 11.3 Å². The van der Waals surface area contributed by atoms with E-state index in [1.54, 1.807) is 0 Å². The van der Waals surface area contributed by atoms with Gasteiger partial charge in [-0.1, -0.05) is 0 Å². The Hall–Kier alpha value is -2.08. The average molecular weight is 264 g/mol. The van der Waals surface area contributed by atoms with Crippen molar-refractivity contribution in [1.29, 1.82) is 0 Å². The summed E-state index contributed by atoms with van der Waals surface area (Å²) in [6.07, 6.45) is 2.80. The number of rotatable bonds is 4. The Kier molecular flexibility index (Phi) is 3.44. The van der Waals surface area contributed by atoms with Gasteiger partial charge in [0, 0.05) is 12.0 Å². The smallest absolute Gasteiger partial charge is 0.335 e. The molecule has 0 radical (unpaired) electrons. The molecule has 0 unspecified atom stereocenters. The van der Waals surface area contributed by atoms with Crippen LogP contribution in [0.2, 0.25) is 0 Å². The number of phenolic OH excluding ortho intramolecular Hbond substituents is 1. The quantitative estimate of drug-likeness (QED) is 0.612. The topological polar surface area (TPSA) is 113 Å². The third-order valence-electron chi connectivity index (χ3n) is 3.38. The monoisotopic (exact) mass is 264 g/mol. The van der Waals surface area contributed by atoms with Crippen molar-refractivity contribution in [3.05, 3.63) is 23.8 Å². The van der Waals surface area contributed by atoms with Crippen molar-refractivity contribution in [2.75, 3.05) is 5.32 Å². The Morgan fingerprint density at radius 2 is 2.05 bits per heavy atom. The first-order valence-corrected chi connectivity index (χ1v) is 6.05. The Morgan fingerprint density at radius 1 is 1.37 bits per heavy atom. The van der Waals surface area contributed by atoms with E-state index in [1.165, 1.54) is 18.2 Å². The highest BCUT2D eigenvalue weighted by Crippen LogP contribution is 2.33. The van der Waals surface area contributed by atoms with Crippen LogP contribution in [-0.2, 0) is 4.79 Å². The molecule has 1 aromatic carbocycles. The fourth-order valence-electron chi connectivity index (χ4n) is 2.09. The minimum atomic E-state index is -1.12. The van der Waals surface area contributed by atoms with E-state index in [1.807, 2.05) is 0 Å². The van der Waals surface area contributed by atoms with E-state index in [2.05, 4.69) is 5.32 Å². The molecule has 0 aliphatic heterocycles. The molecule has 0 aromatic heterocycles. The highest BCUT2D eigenvalue weighted by Gasteiger charge is 2.34. The molecule has 1 amide bonds. The van der Waals surface area contributed by atoms with Crippen LogP contribution in [0.4, 0.5) is 5.69 Å². The van der Waals surface area contributed by atoms with Crippen LogP contribution in [0.15, 0.2) is 18.2 Å². The molecule has 0 bridgehead atoms. The summed E-state index contributed by atoms with van der Waals surface area (Å²) in [6.45, 7) is 0. The van der Waals surface area contributed by atoms with Gasteiger partial charge in [-0.15, -0.1) is 0 Å². The van der Waals surface area contributed by atoms with Crippen LogP contribution >= 0.6 is 0 Å². The predicted molar refractivity (Wildman–Crippen MR) is 69.1 cm³/mol. The Bertz CT molecular complexity index is 523. The SMILES string of the molecule is NC1(CC(=O)Nc2cc(C(=O)O)ccc2O)CCC1. The number of hydrogen-bond donors (Lipinski definition) is 4. The van der Waals surface area contributed by atoms with Crippen molar-refractivity contribution in [3.8, 4) is 5.75 Å². The fourth-order valence-corrected chi connectivity index (χ4v) is 2.09. The highest BCUT2D eigenvalue weighted by molar-refractivity contribution is 5.95. The molecule has 6 nitrogen and oxygen atoms in total. The van der Waals surface area contributed by atoms with E-state index in [-0.39, 0.29) is 29.3 Å². The van der Waals surface area contributed by atoms with Gasteiger partial charge < -0.3 is 21.3 Å². The summed E-state index contributed by atoms with van der Waals surface area (Å²) in [5, 5.41) is 20.9. The lowest BCUT2D eigenvalue weighted by Gasteiger charge is -2.37. The highest BCUT2D eigenvalue weighted by atomic mass is 16.4. The van der Waals surface area contributed by atoms with E-state index in [0.717, 1.165) is 19.3 Å². The molecule has 1 aromatic rings. The number of amides is 1. The second kappa shape index (κ2) is 4.89. The van der Waals surface area contributed by atoms with Crippen molar-refractivity contribution in [2.24, 2.45) is 5.73 Å². The zero-order valence-electron chi connectivity index (χ0n) is 10.3. The second-order valence-corrected chi connectivity index (χ2v) is 4.98. The van der Waals surface area contributed by atoms with Crippen molar-refractivity contribution in [3.63, 3.8) is 0 Å². The lowest BCUT2D eigenvalue weighted by atomic mass is 9.75. The lowest BCUT2D eigenvalue weighted by molar-refractivity contribution is -0.118. The number of anilines is 1. The van der Waals surface area contributed by atoms with Crippen LogP contribution < -0.4 is 11.1 Å². The fraction of sp³-hybridized carbons (Fsp3) is 0.385. The summed E-state index contributed by atoms with van der Waals surface area (Å²) in [5.41, 5.74) is 5.59. The number of carboxylic acid groups (broad SMARTS) is 1. The zero-order valence-corrected chi connectivity index (χ0v) is 10.3. The maximum absolute atomic E-state index is 11.8. The van der Waals surface area contributed by atoms with E-state index in [9.17, 15) is 14.7 Å². The summed E-state index contributed by atoms with van der Waals surface area (Å²) in [7, 11) is 0. The number of hydrogen-bond acceptors (Lipinski definition) is 4. The van der Waals surface area contributed by atoms with Gasteiger partial charge in [0.25, 0.3) is 0 Å². The third kappa shape index (κ3) is 3.03. The van der Waals surface area contributed by atoms with Gasteiger partial charge in [0.2, 0.25) is 5.91 Å². The van der Waals surface area contributed by atoms with E-state index >= 15 is 0 Å². The summed E-state index contributed by atoms with van der Waals surface area (Å²) in [5.74, 6) is -1.61. The minimum absolute atomic E-state index is 0.000735. The van der Waals surface area contributed by atoms with E-state index in [0.29, 0.717) is 0 Å². The summed E-state index contributed by atoms with van der Waals surface area (Å²) in [6, 6.07) is 3.73. The van der Waals surface area contributed by atoms with Crippen LogP contribution in [0.3, 0.4) is 0 Å². The molecule has 0 heterocycles. The minimum Gasteiger partial charge on any atom is -0.506 e. The van der Waals surface area contributed by atoms with E-state index in [4.69, 9.17) is 10.8 Å². The first kappa shape index (κ1) is 13.4. The molecule has 0 saturated heterocycles. The maximum Gasteiger partial charge on any atom is 0.335 e. The molecule has 102 valence electrons. The zero-order chi connectivity index (χ0) is 14.0. The van der Waals surface area contributed by atoms with Crippen molar-refractivity contribution < 1.29 is 19.8 Å². The molecule has 1 fully saturated rings. The van der Waals surface area contributed by atoms with Gasteiger partial charge >= 0.3 is 5.97 Å². The molecule has 0 atom stereocenters. The van der Waals surface area contributed by atoms with E-state index < -0.39 is 11.5 Å². The number of phenols is 1. The first-order chi connectivity index (χ1) is 8.89. The standard InChI is InChI=1S/C13H16N2O4/c14-13(4-1-5-13)7-11(17)15-9-6-8(12(18)19)2-3-10(9)16/h2-3,6,16H,1,4-5,7,14H2,(H,15,17)(H,18,19). The molecular formula is C13H16N2O4. The van der Waals surface area contributed by atoms with Gasteiger partial charge in [-0.2, -0.15) is 0 Å². The predicted octanol–water partition coefficient (Wildman–Crippen LogP) is 1.30. The average Bonchev–Trinajstić information content (AvgIpc) is 2.29. The molecule has 2 rings (SSSR count). The number of aromatic hydroxyl groups is 1. The molecule has 1 saturated carbocycles. The molecule has 0 spiro atoms. The number of carbonyl (C=O) groups excluding carboxylic acids is 1. The Balaban J connectivity index is 2.07. The third-order valence-corrected chi connectivity index (χ3v) is 3.38. The molecule has 19 heavy (non-hydrogen) atoms. The number of carbonyl (C=O) groups is 2. The van der Waals surface area contributed by atoms with Gasteiger partial charge in [-0.3, -0.25) is 4.79 Å². The number of carboxylic acids is 1. The number of nitrogens with two attached hydrogens (primary N) is 1. The molecule has 5 N–H and O–H groups in total. The van der Waals surface area contributed by atoms with Crippen molar-refractivity contribution in [1.82, 2.24) is 0 Å². The Labute approximate surface area is 110 Å². The Morgan fingerprint density at radius 3 is 2.58 bits per heavy atom. The summed E-state index contributed by atoms with van der Waals surface area (Å²) in [4.78, 5) is 22.6. The van der Waals surface area contributed by atoms with Crippen LogP contribution in [-0.4, -0.2) is 27.6 Å². The van der Waals surface area contributed by atoms with Crippen LogP contribution in [0.1, 0.15) is 36.0 Å². The molecule has 1 aliphatic carbocycles. The van der Waals surface area contributed by atoms with Gasteiger partial charge in [-0.25, -0.2) is 4.79 Å². The summed E-state index contributed by atoms with van der Waals surface area (Å²) < 4.78 is 0. The maximum atomic E-state index is 11.8. The normalized spacial score (nSPS) is 16.5. The van der Waals surface area contributed by atoms with Crippen LogP contribution in [0.25, 0.3) is 0 Å².